The first-order valence-electron chi connectivity index (χ1n) is 8.13. The number of amides is 2. The summed E-state index contributed by atoms with van der Waals surface area (Å²) in [7, 11) is 0. The van der Waals surface area contributed by atoms with E-state index >= 15 is 0 Å². The summed E-state index contributed by atoms with van der Waals surface area (Å²) >= 11 is 0. The molecule has 1 aliphatic heterocycles. The molecule has 1 unspecified atom stereocenters. The van der Waals surface area contributed by atoms with Crippen LogP contribution < -0.4 is 16.3 Å². The highest BCUT2D eigenvalue weighted by molar-refractivity contribution is 5.91. The first-order chi connectivity index (χ1) is 11.5. The van der Waals surface area contributed by atoms with Crippen LogP contribution in [-0.4, -0.2) is 24.4 Å². The van der Waals surface area contributed by atoms with Gasteiger partial charge in [-0.05, 0) is 43.4 Å². The topological polar surface area (TPSA) is 88.4 Å². The molecule has 24 heavy (non-hydrogen) atoms. The minimum absolute atomic E-state index is 0.0366. The molecule has 0 aliphatic carbocycles. The lowest BCUT2D eigenvalue weighted by atomic mass is 10.0. The van der Waals surface area contributed by atoms with Gasteiger partial charge in [-0.15, -0.1) is 0 Å². The Labute approximate surface area is 139 Å². The molecule has 6 heteroatoms. The summed E-state index contributed by atoms with van der Waals surface area (Å²) in [5.74, 6) is -0.418. The van der Waals surface area contributed by atoms with Gasteiger partial charge in [-0.1, -0.05) is 12.1 Å². The van der Waals surface area contributed by atoms with Gasteiger partial charge in [0.2, 0.25) is 11.8 Å². The van der Waals surface area contributed by atoms with Gasteiger partial charge in [0, 0.05) is 18.0 Å². The van der Waals surface area contributed by atoms with Crippen molar-refractivity contribution >= 4 is 22.8 Å². The second-order valence-corrected chi connectivity index (χ2v) is 6.17. The largest absolute Gasteiger partial charge is 0.423 e. The molecule has 1 aromatic carbocycles. The zero-order valence-corrected chi connectivity index (χ0v) is 13.6. The van der Waals surface area contributed by atoms with E-state index < -0.39 is 11.7 Å². The molecule has 6 nitrogen and oxygen atoms in total. The van der Waals surface area contributed by atoms with Gasteiger partial charge in [-0.2, -0.15) is 0 Å². The average Bonchev–Trinajstić information content (AvgIpc) is 2.71. The van der Waals surface area contributed by atoms with Crippen molar-refractivity contribution in [3.05, 3.63) is 45.8 Å². The molecule has 1 aliphatic rings. The standard InChI is InChI=1S/C18H20N2O4/c1-11-5-6-13-12(10-17(22)24-15(13)8-11)9-16(21)20-14-4-2-3-7-19-18(14)23/h5-6,8,10,14H,2-4,7,9H2,1H3,(H,19,23)(H,20,21). The molecule has 1 atom stereocenters. The minimum atomic E-state index is -0.506. The predicted octanol–water partition coefficient (Wildman–Crippen LogP) is 1.43. The maximum absolute atomic E-state index is 12.3. The van der Waals surface area contributed by atoms with Crippen LogP contribution in [0.4, 0.5) is 0 Å². The van der Waals surface area contributed by atoms with E-state index in [1.165, 1.54) is 6.07 Å². The molecule has 0 saturated carbocycles. The van der Waals surface area contributed by atoms with Gasteiger partial charge >= 0.3 is 5.63 Å². The van der Waals surface area contributed by atoms with Crippen LogP contribution >= 0.6 is 0 Å². The molecule has 0 bridgehead atoms. The summed E-state index contributed by atoms with van der Waals surface area (Å²) in [5, 5.41) is 6.30. The highest BCUT2D eigenvalue weighted by atomic mass is 16.4. The molecule has 1 fully saturated rings. The molecule has 0 spiro atoms. The number of carbonyl (C=O) groups is 2. The lowest BCUT2D eigenvalue weighted by Crippen LogP contribution is -2.46. The fourth-order valence-corrected chi connectivity index (χ4v) is 2.98. The second-order valence-electron chi connectivity index (χ2n) is 6.17. The lowest BCUT2D eigenvalue weighted by Gasteiger charge is -2.15. The van der Waals surface area contributed by atoms with Gasteiger partial charge in [0.15, 0.2) is 0 Å². The maximum atomic E-state index is 12.3. The number of rotatable bonds is 3. The third-order valence-electron chi connectivity index (χ3n) is 4.21. The first kappa shape index (κ1) is 16.2. The normalized spacial score (nSPS) is 18.0. The van der Waals surface area contributed by atoms with Crippen LogP contribution in [-0.2, 0) is 16.0 Å². The summed E-state index contributed by atoms with van der Waals surface area (Å²) < 4.78 is 5.20. The highest BCUT2D eigenvalue weighted by Crippen LogP contribution is 2.19. The number of benzene rings is 1. The van der Waals surface area contributed by atoms with Gasteiger partial charge in [0.1, 0.15) is 11.6 Å². The zero-order valence-electron chi connectivity index (χ0n) is 13.6. The van der Waals surface area contributed by atoms with Crippen molar-refractivity contribution in [3.8, 4) is 0 Å². The third-order valence-corrected chi connectivity index (χ3v) is 4.21. The van der Waals surface area contributed by atoms with E-state index in [4.69, 9.17) is 4.42 Å². The monoisotopic (exact) mass is 328 g/mol. The van der Waals surface area contributed by atoms with Crippen LogP contribution in [0.5, 0.6) is 0 Å². The number of fused-ring (bicyclic) bond motifs is 1. The van der Waals surface area contributed by atoms with E-state index in [1.54, 1.807) is 6.07 Å². The van der Waals surface area contributed by atoms with Crippen molar-refractivity contribution in [3.63, 3.8) is 0 Å². The summed E-state index contributed by atoms with van der Waals surface area (Å²) in [6.07, 6.45) is 2.48. The van der Waals surface area contributed by atoms with E-state index in [2.05, 4.69) is 10.6 Å². The zero-order chi connectivity index (χ0) is 17.1. The Hall–Kier alpha value is -2.63. The Balaban J connectivity index is 1.80. The highest BCUT2D eigenvalue weighted by Gasteiger charge is 2.22. The van der Waals surface area contributed by atoms with Crippen LogP contribution in [0.15, 0.2) is 33.5 Å². The molecule has 126 valence electrons. The average molecular weight is 328 g/mol. The van der Waals surface area contributed by atoms with E-state index in [1.807, 2.05) is 19.1 Å². The Kier molecular flexibility index (Phi) is 4.64. The van der Waals surface area contributed by atoms with Crippen LogP contribution in [0.3, 0.4) is 0 Å². The molecule has 1 saturated heterocycles. The fraction of sp³-hybridized carbons (Fsp3) is 0.389. The number of hydrogen-bond donors (Lipinski definition) is 2. The molecule has 2 N–H and O–H groups in total. The van der Waals surface area contributed by atoms with Gasteiger partial charge in [-0.25, -0.2) is 4.79 Å². The number of hydrogen-bond acceptors (Lipinski definition) is 4. The van der Waals surface area contributed by atoms with E-state index in [0.717, 1.165) is 23.8 Å². The lowest BCUT2D eigenvalue weighted by molar-refractivity contribution is -0.128. The summed E-state index contributed by atoms with van der Waals surface area (Å²) in [5.41, 5.74) is 1.57. The van der Waals surface area contributed by atoms with Crippen LogP contribution in [0.1, 0.15) is 30.4 Å². The van der Waals surface area contributed by atoms with Gasteiger partial charge in [0.05, 0.1) is 6.42 Å². The third kappa shape index (κ3) is 3.64. The van der Waals surface area contributed by atoms with E-state index in [-0.39, 0.29) is 18.2 Å². The van der Waals surface area contributed by atoms with Crippen molar-refractivity contribution in [2.75, 3.05) is 6.54 Å². The van der Waals surface area contributed by atoms with Crippen LogP contribution in [0.25, 0.3) is 11.0 Å². The molecular weight excluding hydrogens is 308 g/mol. The smallest absolute Gasteiger partial charge is 0.336 e. The maximum Gasteiger partial charge on any atom is 0.336 e. The summed E-state index contributed by atoms with van der Waals surface area (Å²) in [6.45, 7) is 2.55. The predicted molar refractivity (Wildman–Crippen MR) is 89.7 cm³/mol. The van der Waals surface area contributed by atoms with Gasteiger partial charge in [0.25, 0.3) is 0 Å². The summed E-state index contributed by atoms with van der Waals surface area (Å²) in [6, 6.07) is 6.35. The molecule has 2 aromatic rings. The Morgan fingerprint density at radius 2 is 2.12 bits per heavy atom. The SMILES string of the molecule is Cc1ccc2c(CC(=O)NC3CCCCNC3=O)cc(=O)oc2c1. The molecular formula is C18H20N2O4. The molecule has 0 radical (unpaired) electrons. The van der Waals surface area contributed by atoms with Crippen molar-refractivity contribution in [1.82, 2.24) is 10.6 Å². The second kappa shape index (κ2) is 6.86. The number of nitrogens with one attached hydrogen (secondary N) is 2. The Morgan fingerprint density at radius 1 is 1.29 bits per heavy atom. The molecule has 3 rings (SSSR count). The van der Waals surface area contributed by atoms with Crippen molar-refractivity contribution in [2.45, 2.75) is 38.6 Å². The van der Waals surface area contributed by atoms with Crippen LogP contribution in [0.2, 0.25) is 0 Å². The van der Waals surface area contributed by atoms with E-state index in [0.29, 0.717) is 24.1 Å². The van der Waals surface area contributed by atoms with Gasteiger partial charge < -0.3 is 15.1 Å². The first-order valence-corrected chi connectivity index (χ1v) is 8.13. The minimum Gasteiger partial charge on any atom is -0.423 e. The van der Waals surface area contributed by atoms with Crippen molar-refractivity contribution in [1.29, 1.82) is 0 Å². The van der Waals surface area contributed by atoms with Crippen molar-refractivity contribution < 1.29 is 14.0 Å². The van der Waals surface area contributed by atoms with Crippen molar-refractivity contribution in [2.24, 2.45) is 0 Å². The molecule has 2 amide bonds. The Morgan fingerprint density at radius 3 is 2.96 bits per heavy atom. The fourth-order valence-electron chi connectivity index (χ4n) is 2.98. The quantitative estimate of drug-likeness (QED) is 0.834. The Bertz CT molecular complexity index is 841. The van der Waals surface area contributed by atoms with Gasteiger partial charge in [-0.3, -0.25) is 9.59 Å². The van der Waals surface area contributed by atoms with Crippen LogP contribution in [0, 0.1) is 6.92 Å². The number of carbonyl (C=O) groups excluding carboxylic acids is 2. The molecule has 1 aromatic heterocycles. The number of aryl methyl sites for hydroxylation is 1. The summed E-state index contributed by atoms with van der Waals surface area (Å²) in [4.78, 5) is 36.0. The molecule has 2 heterocycles. The van der Waals surface area contributed by atoms with E-state index in [9.17, 15) is 14.4 Å².